The molecule has 5 heteroatoms. The zero-order valence-electron chi connectivity index (χ0n) is 10.5. The van der Waals surface area contributed by atoms with Crippen molar-refractivity contribution in [2.24, 2.45) is 5.92 Å². The first kappa shape index (κ1) is 14.5. The summed E-state index contributed by atoms with van der Waals surface area (Å²) in [6, 6.07) is 4.67. The number of hydrogen-bond donors (Lipinski definition) is 2. The van der Waals surface area contributed by atoms with E-state index in [9.17, 15) is 14.3 Å². The molecule has 1 aromatic carbocycles. The standard InChI is InChI=1S/C14H17BrFNO2/c15-12-3-1-2-11(13(12)16)14(19)17-8-9-4-6-10(18)7-5-9/h1-3,9-10,18H,4-8H2,(H,17,19). The number of benzene rings is 1. The number of aliphatic hydroxyl groups is 1. The maximum atomic E-state index is 13.7. The highest BCUT2D eigenvalue weighted by atomic mass is 79.9. The van der Waals surface area contributed by atoms with Crippen LogP contribution in [0.2, 0.25) is 0 Å². The maximum absolute atomic E-state index is 13.7. The van der Waals surface area contributed by atoms with Crippen LogP contribution in [-0.4, -0.2) is 23.7 Å². The Balaban J connectivity index is 1.89. The van der Waals surface area contributed by atoms with Gasteiger partial charge < -0.3 is 10.4 Å². The van der Waals surface area contributed by atoms with Gasteiger partial charge in [0.15, 0.2) is 0 Å². The summed E-state index contributed by atoms with van der Waals surface area (Å²) in [5, 5.41) is 12.2. The molecule has 1 aromatic rings. The van der Waals surface area contributed by atoms with Gasteiger partial charge in [0.05, 0.1) is 16.1 Å². The van der Waals surface area contributed by atoms with Crippen molar-refractivity contribution >= 4 is 21.8 Å². The summed E-state index contributed by atoms with van der Waals surface area (Å²) in [6.45, 7) is 0.539. The van der Waals surface area contributed by atoms with Gasteiger partial charge in [0.1, 0.15) is 5.82 Å². The van der Waals surface area contributed by atoms with Crippen molar-refractivity contribution in [1.82, 2.24) is 5.32 Å². The number of amides is 1. The van der Waals surface area contributed by atoms with E-state index < -0.39 is 5.82 Å². The second-order valence-corrected chi connectivity index (χ2v) is 5.84. The van der Waals surface area contributed by atoms with Crippen molar-refractivity contribution in [3.05, 3.63) is 34.1 Å². The molecule has 104 valence electrons. The number of halogens is 2. The van der Waals surface area contributed by atoms with Gasteiger partial charge in [-0.2, -0.15) is 0 Å². The molecule has 0 atom stereocenters. The Hall–Kier alpha value is -0.940. The topological polar surface area (TPSA) is 49.3 Å². The quantitative estimate of drug-likeness (QED) is 0.895. The summed E-state index contributed by atoms with van der Waals surface area (Å²) in [5.74, 6) is -0.536. The molecule has 0 spiro atoms. The number of nitrogens with one attached hydrogen (secondary N) is 1. The van der Waals surface area contributed by atoms with Crippen LogP contribution >= 0.6 is 15.9 Å². The molecule has 0 aromatic heterocycles. The van der Waals surface area contributed by atoms with E-state index in [0.29, 0.717) is 16.9 Å². The lowest BCUT2D eigenvalue weighted by Crippen LogP contribution is -2.32. The van der Waals surface area contributed by atoms with E-state index in [2.05, 4.69) is 21.2 Å². The van der Waals surface area contributed by atoms with E-state index in [1.165, 1.54) is 6.07 Å². The van der Waals surface area contributed by atoms with E-state index in [1.54, 1.807) is 12.1 Å². The molecule has 2 N–H and O–H groups in total. The zero-order chi connectivity index (χ0) is 13.8. The molecule has 3 nitrogen and oxygen atoms in total. The fraction of sp³-hybridized carbons (Fsp3) is 0.500. The first-order valence-corrected chi connectivity index (χ1v) is 7.27. The van der Waals surface area contributed by atoms with Gasteiger partial charge in [0, 0.05) is 6.54 Å². The largest absolute Gasteiger partial charge is 0.393 e. The summed E-state index contributed by atoms with van der Waals surface area (Å²) < 4.78 is 14.0. The van der Waals surface area contributed by atoms with Crippen LogP contribution in [-0.2, 0) is 0 Å². The normalized spacial score (nSPS) is 23.1. The molecule has 0 heterocycles. The summed E-state index contributed by atoms with van der Waals surface area (Å²) in [5.41, 5.74) is 0.0604. The molecule has 1 fully saturated rings. The molecule has 0 bridgehead atoms. The van der Waals surface area contributed by atoms with Crippen molar-refractivity contribution in [3.8, 4) is 0 Å². The monoisotopic (exact) mass is 329 g/mol. The second-order valence-electron chi connectivity index (χ2n) is 4.99. The van der Waals surface area contributed by atoms with Crippen LogP contribution in [0, 0.1) is 11.7 Å². The number of hydrogen-bond acceptors (Lipinski definition) is 2. The Bertz CT molecular complexity index is 459. The van der Waals surface area contributed by atoms with E-state index in [1.807, 2.05) is 0 Å². The minimum absolute atomic E-state index is 0.0604. The molecule has 0 unspecified atom stereocenters. The van der Waals surface area contributed by atoms with Crippen LogP contribution in [0.25, 0.3) is 0 Å². The summed E-state index contributed by atoms with van der Waals surface area (Å²) in [7, 11) is 0. The predicted molar refractivity (Wildman–Crippen MR) is 74.4 cm³/mol. The fourth-order valence-corrected chi connectivity index (χ4v) is 2.73. The second kappa shape index (κ2) is 6.48. The lowest BCUT2D eigenvalue weighted by atomic mass is 9.87. The van der Waals surface area contributed by atoms with Gasteiger partial charge in [-0.3, -0.25) is 4.79 Å². The van der Waals surface area contributed by atoms with Crippen LogP contribution < -0.4 is 5.32 Å². The third-order valence-corrected chi connectivity index (χ3v) is 4.18. The molecule has 0 aliphatic heterocycles. The number of aliphatic hydroxyl groups excluding tert-OH is 1. The molecular weight excluding hydrogens is 313 g/mol. The highest BCUT2D eigenvalue weighted by molar-refractivity contribution is 9.10. The maximum Gasteiger partial charge on any atom is 0.254 e. The predicted octanol–water partition coefficient (Wildman–Crippen LogP) is 2.87. The average Bonchev–Trinajstić information content (AvgIpc) is 2.41. The van der Waals surface area contributed by atoms with Crippen LogP contribution in [0.1, 0.15) is 36.0 Å². The van der Waals surface area contributed by atoms with Crippen molar-refractivity contribution in [2.45, 2.75) is 31.8 Å². The molecule has 2 rings (SSSR count). The number of carbonyl (C=O) groups excluding carboxylic acids is 1. The number of carbonyl (C=O) groups is 1. The highest BCUT2D eigenvalue weighted by Gasteiger charge is 2.20. The summed E-state index contributed by atoms with van der Waals surface area (Å²) in [6.07, 6.45) is 3.18. The fourth-order valence-electron chi connectivity index (χ4n) is 2.36. The lowest BCUT2D eigenvalue weighted by Gasteiger charge is -2.25. The van der Waals surface area contributed by atoms with E-state index in [4.69, 9.17) is 0 Å². The van der Waals surface area contributed by atoms with Gasteiger partial charge in [-0.15, -0.1) is 0 Å². The Kier molecular flexibility index (Phi) is 4.93. The Morgan fingerprint density at radius 2 is 2.05 bits per heavy atom. The molecule has 0 radical (unpaired) electrons. The van der Waals surface area contributed by atoms with Gasteiger partial charge >= 0.3 is 0 Å². The summed E-state index contributed by atoms with van der Waals surface area (Å²) in [4.78, 5) is 11.9. The Morgan fingerprint density at radius 1 is 1.37 bits per heavy atom. The van der Waals surface area contributed by atoms with Crippen molar-refractivity contribution in [2.75, 3.05) is 6.54 Å². The number of rotatable bonds is 3. The minimum Gasteiger partial charge on any atom is -0.393 e. The lowest BCUT2D eigenvalue weighted by molar-refractivity contribution is 0.0906. The Labute approximate surface area is 120 Å². The van der Waals surface area contributed by atoms with Gasteiger partial charge in [0.2, 0.25) is 0 Å². The molecule has 1 amide bonds. The molecule has 1 aliphatic carbocycles. The SMILES string of the molecule is O=C(NCC1CCC(O)CC1)c1cccc(Br)c1F. The van der Waals surface area contributed by atoms with Crippen molar-refractivity contribution in [3.63, 3.8) is 0 Å². The molecule has 19 heavy (non-hydrogen) atoms. The van der Waals surface area contributed by atoms with Gasteiger partial charge in [-0.25, -0.2) is 4.39 Å². The van der Waals surface area contributed by atoms with E-state index >= 15 is 0 Å². The molecule has 1 saturated carbocycles. The van der Waals surface area contributed by atoms with Gasteiger partial charge in [-0.1, -0.05) is 6.07 Å². The summed E-state index contributed by atoms with van der Waals surface area (Å²) >= 11 is 3.07. The molecule has 0 saturated heterocycles. The van der Waals surface area contributed by atoms with E-state index in [0.717, 1.165) is 25.7 Å². The Morgan fingerprint density at radius 3 is 2.74 bits per heavy atom. The van der Waals surface area contributed by atoms with Crippen LogP contribution in [0.3, 0.4) is 0 Å². The van der Waals surface area contributed by atoms with Crippen LogP contribution in [0.4, 0.5) is 4.39 Å². The highest BCUT2D eigenvalue weighted by Crippen LogP contribution is 2.24. The molecule has 1 aliphatic rings. The average molecular weight is 330 g/mol. The van der Waals surface area contributed by atoms with Crippen LogP contribution in [0.5, 0.6) is 0 Å². The third-order valence-electron chi connectivity index (χ3n) is 3.56. The van der Waals surface area contributed by atoms with Gasteiger partial charge in [0.25, 0.3) is 5.91 Å². The van der Waals surface area contributed by atoms with Crippen LogP contribution in [0.15, 0.2) is 22.7 Å². The third kappa shape index (κ3) is 3.76. The van der Waals surface area contributed by atoms with E-state index in [-0.39, 0.29) is 17.6 Å². The van der Waals surface area contributed by atoms with Gasteiger partial charge in [-0.05, 0) is 59.7 Å². The first-order chi connectivity index (χ1) is 9.08. The zero-order valence-corrected chi connectivity index (χ0v) is 12.1. The van der Waals surface area contributed by atoms with Crippen molar-refractivity contribution in [1.29, 1.82) is 0 Å². The minimum atomic E-state index is -0.529. The smallest absolute Gasteiger partial charge is 0.254 e. The van der Waals surface area contributed by atoms with Crippen molar-refractivity contribution < 1.29 is 14.3 Å². The molecular formula is C14H17BrFNO2. The first-order valence-electron chi connectivity index (χ1n) is 6.48.